The lowest BCUT2D eigenvalue weighted by atomic mass is 10.2. The van der Waals surface area contributed by atoms with Gasteiger partial charge in [-0.2, -0.15) is 5.48 Å². The van der Waals surface area contributed by atoms with Crippen molar-refractivity contribution in [2.75, 3.05) is 20.5 Å². The molecule has 0 aliphatic carbocycles. The van der Waals surface area contributed by atoms with Crippen molar-refractivity contribution >= 4 is 11.8 Å². The second kappa shape index (κ2) is 5.90. The topological polar surface area (TPSA) is 30.5 Å². The summed E-state index contributed by atoms with van der Waals surface area (Å²) in [5.74, 6) is 0.910. The average molecular weight is 213 g/mol. The molecule has 0 saturated heterocycles. The second-order valence-electron chi connectivity index (χ2n) is 2.71. The molecule has 0 fully saturated rings. The number of rotatable bonds is 5. The summed E-state index contributed by atoms with van der Waals surface area (Å²) in [4.78, 5) is 5.93. The minimum absolute atomic E-state index is 0.682. The second-order valence-corrected chi connectivity index (χ2v) is 3.56. The Balaban J connectivity index is 2.79. The van der Waals surface area contributed by atoms with Gasteiger partial charge in [-0.1, -0.05) is 6.07 Å². The Kier molecular flexibility index (Phi) is 4.79. The molecular formula is C10H15NO2S. The highest BCUT2D eigenvalue weighted by Crippen LogP contribution is 2.28. The predicted octanol–water partition coefficient (Wildman–Crippen LogP) is 2.07. The lowest BCUT2D eigenvalue weighted by molar-refractivity contribution is 0.0866. The molecule has 1 rings (SSSR count). The number of thioether (sulfide) groups is 1. The first-order chi connectivity index (χ1) is 6.81. The van der Waals surface area contributed by atoms with Gasteiger partial charge in [0, 0.05) is 11.4 Å². The summed E-state index contributed by atoms with van der Waals surface area (Å²) < 4.78 is 5.27. The molecule has 0 radical (unpaired) electrons. The van der Waals surface area contributed by atoms with E-state index in [0.29, 0.717) is 6.54 Å². The molecule has 0 spiro atoms. The smallest absolute Gasteiger partial charge is 0.132 e. The highest BCUT2D eigenvalue weighted by Gasteiger charge is 2.02. The lowest BCUT2D eigenvalue weighted by Crippen LogP contribution is -2.10. The van der Waals surface area contributed by atoms with Crippen molar-refractivity contribution in [2.45, 2.75) is 11.4 Å². The number of hydroxylamine groups is 1. The van der Waals surface area contributed by atoms with Gasteiger partial charge in [0.25, 0.3) is 0 Å². The first-order valence-electron chi connectivity index (χ1n) is 4.28. The van der Waals surface area contributed by atoms with Crippen LogP contribution < -0.4 is 10.2 Å². The number of methoxy groups -OCH3 is 1. The third-order valence-electron chi connectivity index (χ3n) is 1.87. The summed E-state index contributed by atoms with van der Waals surface area (Å²) in [6, 6.07) is 6.12. The molecule has 0 unspecified atom stereocenters. The van der Waals surface area contributed by atoms with Crippen LogP contribution in [0.4, 0.5) is 0 Å². The van der Waals surface area contributed by atoms with Crippen LogP contribution in [0, 0.1) is 0 Å². The van der Waals surface area contributed by atoms with Crippen LogP contribution in [0.5, 0.6) is 5.75 Å². The van der Waals surface area contributed by atoms with Gasteiger partial charge in [-0.05, 0) is 24.0 Å². The van der Waals surface area contributed by atoms with Crippen molar-refractivity contribution in [3.05, 3.63) is 23.8 Å². The number of nitrogens with one attached hydrogen (secondary N) is 1. The van der Waals surface area contributed by atoms with E-state index < -0.39 is 0 Å². The highest BCUT2D eigenvalue weighted by molar-refractivity contribution is 7.98. The van der Waals surface area contributed by atoms with E-state index in [-0.39, 0.29) is 0 Å². The van der Waals surface area contributed by atoms with Gasteiger partial charge in [0.2, 0.25) is 0 Å². The largest absolute Gasteiger partial charge is 0.496 e. The molecule has 78 valence electrons. The van der Waals surface area contributed by atoms with Crippen LogP contribution >= 0.6 is 11.8 Å². The van der Waals surface area contributed by atoms with Gasteiger partial charge in [-0.3, -0.25) is 0 Å². The molecule has 1 aromatic carbocycles. The molecular weight excluding hydrogens is 198 g/mol. The number of hydrogen-bond acceptors (Lipinski definition) is 4. The molecule has 3 nitrogen and oxygen atoms in total. The number of hydrogen-bond donors (Lipinski definition) is 1. The van der Waals surface area contributed by atoms with E-state index in [1.54, 1.807) is 26.0 Å². The maximum Gasteiger partial charge on any atom is 0.132 e. The fraction of sp³-hybridized carbons (Fsp3) is 0.400. The third-order valence-corrected chi connectivity index (χ3v) is 2.65. The summed E-state index contributed by atoms with van der Waals surface area (Å²) >= 11 is 1.68. The summed E-state index contributed by atoms with van der Waals surface area (Å²) in [5.41, 5.74) is 3.93. The van der Waals surface area contributed by atoms with Crippen molar-refractivity contribution in [3.8, 4) is 5.75 Å². The Morgan fingerprint density at radius 2 is 2.14 bits per heavy atom. The van der Waals surface area contributed by atoms with Gasteiger partial charge in [0.15, 0.2) is 0 Å². The molecule has 1 N–H and O–H groups in total. The van der Waals surface area contributed by atoms with E-state index >= 15 is 0 Å². The molecule has 1 aromatic rings. The Morgan fingerprint density at radius 3 is 2.71 bits per heavy atom. The van der Waals surface area contributed by atoms with Crippen LogP contribution in [0.3, 0.4) is 0 Å². The van der Waals surface area contributed by atoms with Gasteiger partial charge >= 0.3 is 0 Å². The van der Waals surface area contributed by atoms with Gasteiger partial charge in [-0.15, -0.1) is 11.8 Å². The monoisotopic (exact) mass is 213 g/mol. The van der Waals surface area contributed by atoms with E-state index in [0.717, 1.165) is 16.2 Å². The van der Waals surface area contributed by atoms with Crippen LogP contribution in [0.2, 0.25) is 0 Å². The quantitative estimate of drug-likeness (QED) is 0.599. The normalized spacial score (nSPS) is 10.2. The minimum atomic E-state index is 0.682. The highest BCUT2D eigenvalue weighted by atomic mass is 32.2. The standard InChI is InChI=1S/C10H15NO2S/c1-12-9-6-8(7-11-13-2)4-5-10(9)14-3/h4-6,11H,7H2,1-3H3. The van der Waals surface area contributed by atoms with Gasteiger partial charge < -0.3 is 9.57 Å². The molecule has 0 aromatic heterocycles. The average Bonchev–Trinajstić information content (AvgIpc) is 2.25. The molecule has 0 aliphatic rings. The molecule has 0 bridgehead atoms. The van der Waals surface area contributed by atoms with Crippen LogP contribution in [0.25, 0.3) is 0 Å². The van der Waals surface area contributed by atoms with Crippen LogP contribution in [-0.2, 0) is 11.4 Å². The molecule has 0 heterocycles. The predicted molar refractivity (Wildman–Crippen MR) is 58.6 cm³/mol. The Hall–Kier alpha value is -0.710. The number of benzene rings is 1. The number of ether oxygens (including phenoxy) is 1. The summed E-state index contributed by atoms with van der Waals surface area (Å²) in [5, 5.41) is 0. The van der Waals surface area contributed by atoms with E-state index in [4.69, 9.17) is 9.57 Å². The van der Waals surface area contributed by atoms with Crippen molar-refractivity contribution in [1.82, 2.24) is 5.48 Å². The van der Waals surface area contributed by atoms with Gasteiger partial charge in [0.1, 0.15) is 5.75 Å². The first-order valence-corrected chi connectivity index (χ1v) is 5.51. The zero-order valence-electron chi connectivity index (χ0n) is 8.66. The first kappa shape index (κ1) is 11.4. The van der Waals surface area contributed by atoms with Crippen molar-refractivity contribution in [1.29, 1.82) is 0 Å². The molecule has 14 heavy (non-hydrogen) atoms. The minimum Gasteiger partial charge on any atom is -0.496 e. The van der Waals surface area contributed by atoms with Crippen LogP contribution in [-0.4, -0.2) is 20.5 Å². The van der Waals surface area contributed by atoms with Crippen LogP contribution in [0.15, 0.2) is 23.1 Å². The van der Waals surface area contributed by atoms with E-state index in [1.807, 2.05) is 12.3 Å². The SMILES string of the molecule is CONCc1ccc(SC)c(OC)c1. The van der Waals surface area contributed by atoms with Gasteiger partial charge in [-0.25, -0.2) is 0 Å². The maximum atomic E-state index is 5.27. The molecule has 4 heteroatoms. The van der Waals surface area contributed by atoms with E-state index in [1.165, 1.54) is 0 Å². The van der Waals surface area contributed by atoms with Crippen molar-refractivity contribution < 1.29 is 9.57 Å². The van der Waals surface area contributed by atoms with Crippen molar-refractivity contribution in [3.63, 3.8) is 0 Å². The lowest BCUT2D eigenvalue weighted by Gasteiger charge is -2.08. The molecule has 0 atom stereocenters. The molecule has 0 saturated carbocycles. The van der Waals surface area contributed by atoms with E-state index in [2.05, 4.69) is 17.6 Å². The third kappa shape index (κ3) is 2.90. The summed E-state index contributed by atoms with van der Waals surface area (Å²) in [6.45, 7) is 0.682. The summed E-state index contributed by atoms with van der Waals surface area (Å²) in [6.07, 6.45) is 2.03. The Labute approximate surface area is 88.7 Å². The van der Waals surface area contributed by atoms with Gasteiger partial charge in [0.05, 0.1) is 14.2 Å². The van der Waals surface area contributed by atoms with Crippen LogP contribution in [0.1, 0.15) is 5.56 Å². The van der Waals surface area contributed by atoms with Crippen molar-refractivity contribution in [2.24, 2.45) is 0 Å². The molecule has 0 aliphatic heterocycles. The Morgan fingerprint density at radius 1 is 1.36 bits per heavy atom. The Bertz CT molecular complexity index is 291. The molecule has 0 amide bonds. The zero-order valence-corrected chi connectivity index (χ0v) is 9.48. The summed E-state index contributed by atoms with van der Waals surface area (Å²) in [7, 11) is 3.29. The fourth-order valence-electron chi connectivity index (χ4n) is 1.15. The fourth-order valence-corrected chi connectivity index (χ4v) is 1.69. The zero-order chi connectivity index (χ0) is 10.4. The maximum absolute atomic E-state index is 5.27. The van der Waals surface area contributed by atoms with E-state index in [9.17, 15) is 0 Å².